The molecule has 0 spiro atoms. The maximum Gasteiger partial charge on any atom is 0.134 e. The molecule has 0 fully saturated rings. The van der Waals surface area contributed by atoms with Crippen molar-refractivity contribution in [2.75, 3.05) is 12.8 Å². The van der Waals surface area contributed by atoms with Gasteiger partial charge in [-0.2, -0.15) is 0 Å². The van der Waals surface area contributed by atoms with Gasteiger partial charge in [0.2, 0.25) is 0 Å². The van der Waals surface area contributed by atoms with Crippen molar-refractivity contribution < 1.29 is 4.74 Å². The van der Waals surface area contributed by atoms with Gasteiger partial charge in [0.25, 0.3) is 0 Å². The van der Waals surface area contributed by atoms with E-state index in [2.05, 4.69) is 31.1 Å². The first-order valence-corrected chi connectivity index (χ1v) is 8.39. The number of nitrogen functional groups attached to an aromatic ring is 1. The molecule has 2 nitrogen and oxygen atoms in total. The number of hydrogen-bond donors (Lipinski definition) is 1. The lowest BCUT2D eigenvalue weighted by atomic mass is 10.2. The lowest BCUT2D eigenvalue weighted by molar-refractivity contribution is 0.413. The van der Waals surface area contributed by atoms with E-state index < -0.39 is 8.07 Å². The zero-order valence-corrected chi connectivity index (χ0v) is 10.7. The smallest absolute Gasteiger partial charge is 0.134 e. The molecule has 1 rings (SSSR count). The lowest BCUT2D eigenvalue weighted by Gasteiger charge is -2.06. The number of nitrogens with two attached hydrogens (primary N) is 1. The summed E-state index contributed by atoms with van der Waals surface area (Å²) in [5.41, 5.74) is 10.6. The van der Waals surface area contributed by atoms with Crippen LogP contribution in [0.25, 0.3) is 0 Å². The summed E-state index contributed by atoms with van der Waals surface area (Å²) in [6.45, 7) is 6.62. The highest BCUT2D eigenvalue weighted by Crippen LogP contribution is 2.19. The van der Waals surface area contributed by atoms with Crippen LogP contribution >= 0.6 is 0 Å². The molecule has 0 saturated heterocycles. The number of methoxy groups -OCH3 is 1. The Morgan fingerprint density at radius 2 is 1.93 bits per heavy atom. The molecule has 0 bridgehead atoms. The minimum Gasteiger partial charge on any atom is -0.495 e. The van der Waals surface area contributed by atoms with Crippen molar-refractivity contribution in [2.45, 2.75) is 19.6 Å². The van der Waals surface area contributed by atoms with Crippen molar-refractivity contribution in [3.8, 4) is 17.2 Å². The van der Waals surface area contributed by atoms with E-state index in [9.17, 15) is 0 Å². The second-order valence-electron chi connectivity index (χ2n) is 4.46. The van der Waals surface area contributed by atoms with Crippen LogP contribution in [0.3, 0.4) is 0 Å². The molecule has 15 heavy (non-hydrogen) atoms. The molecule has 0 amide bonds. The van der Waals surface area contributed by atoms with E-state index in [1.165, 1.54) is 0 Å². The van der Waals surface area contributed by atoms with Gasteiger partial charge in [-0.25, -0.2) is 0 Å². The molecule has 1 aromatic carbocycles. The minimum absolute atomic E-state index is 0.718. The summed E-state index contributed by atoms with van der Waals surface area (Å²) in [5, 5.41) is 0. The van der Waals surface area contributed by atoms with Crippen LogP contribution in [0.15, 0.2) is 18.2 Å². The molecule has 0 heterocycles. The molecular weight excluding hydrogens is 202 g/mol. The SMILES string of the molecule is COc1ccc(N)cc1C#C[Si](C)(C)C. The van der Waals surface area contributed by atoms with Crippen LogP contribution in [0.5, 0.6) is 5.75 Å². The number of anilines is 1. The standard InChI is InChI=1S/C12H17NOSi/c1-14-12-6-5-11(13)9-10(12)7-8-15(2,3)4/h5-6,9H,13H2,1-4H3. The van der Waals surface area contributed by atoms with Gasteiger partial charge in [-0.15, -0.1) is 5.54 Å². The number of benzene rings is 1. The van der Waals surface area contributed by atoms with Crippen molar-refractivity contribution in [3.05, 3.63) is 23.8 Å². The van der Waals surface area contributed by atoms with Crippen molar-refractivity contribution in [3.63, 3.8) is 0 Å². The highest BCUT2D eigenvalue weighted by molar-refractivity contribution is 6.83. The average Bonchev–Trinajstić information content (AvgIpc) is 2.14. The maximum absolute atomic E-state index is 5.71. The fraction of sp³-hybridized carbons (Fsp3) is 0.333. The molecule has 0 unspecified atom stereocenters. The van der Waals surface area contributed by atoms with Gasteiger partial charge in [0.15, 0.2) is 0 Å². The molecule has 0 aliphatic carbocycles. The molecule has 1 aromatic rings. The Bertz CT molecular complexity index is 410. The monoisotopic (exact) mass is 219 g/mol. The minimum atomic E-state index is -1.35. The summed E-state index contributed by atoms with van der Waals surface area (Å²) in [5.74, 6) is 3.94. The van der Waals surface area contributed by atoms with E-state index in [0.29, 0.717) is 0 Å². The number of rotatable bonds is 1. The van der Waals surface area contributed by atoms with Gasteiger partial charge in [0.05, 0.1) is 12.7 Å². The molecule has 0 saturated carbocycles. The van der Waals surface area contributed by atoms with Crippen LogP contribution in [0.1, 0.15) is 5.56 Å². The topological polar surface area (TPSA) is 35.2 Å². The highest BCUT2D eigenvalue weighted by atomic mass is 28.3. The molecule has 0 atom stereocenters. The van der Waals surface area contributed by atoms with Gasteiger partial charge >= 0.3 is 0 Å². The van der Waals surface area contributed by atoms with Crippen molar-refractivity contribution >= 4 is 13.8 Å². The zero-order valence-electron chi connectivity index (χ0n) is 9.72. The van der Waals surface area contributed by atoms with Gasteiger partial charge in [-0.3, -0.25) is 0 Å². The molecule has 2 N–H and O–H groups in total. The fourth-order valence-corrected chi connectivity index (χ4v) is 1.59. The molecular formula is C12H17NOSi. The molecule has 0 aromatic heterocycles. The van der Waals surface area contributed by atoms with Gasteiger partial charge in [-0.1, -0.05) is 25.6 Å². The van der Waals surface area contributed by atoms with Crippen LogP contribution in [0, 0.1) is 11.5 Å². The van der Waals surface area contributed by atoms with E-state index in [4.69, 9.17) is 10.5 Å². The van der Waals surface area contributed by atoms with Crippen LogP contribution in [-0.4, -0.2) is 15.2 Å². The number of ether oxygens (including phenoxy) is 1. The Labute approximate surface area is 92.5 Å². The third-order valence-corrected chi connectivity index (χ3v) is 2.67. The van der Waals surface area contributed by atoms with Crippen LogP contribution in [0.4, 0.5) is 5.69 Å². The molecule has 0 radical (unpaired) electrons. The predicted molar refractivity (Wildman–Crippen MR) is 67.6 cm³/mol. The Balaban J connectivity index is 3.11. The molecule has 0 aliphatic heterocycles. The Kier molecular flexibility index (Phi) is 3.43. The summed E-state index contributed by atoms with van der Waals surface area (Å²) in [6, 6.07) is 5.52. The molecule has 3 heteroatoms. The summed E-state index contributed by atoms with van der Waals surface area (Å²) in [6.07, 6.45) is 0. The lowest BCUT2D eigenvalue weighted by Crippen LogP contribution is -2.16. The second-order valence-corrected chi connectivity index (χ2v) is 9.21. The van der Waals surface area contributed by atoms with Crippen molar-refractivity contribution in [1.29, 1.82) is 0 Å². The Hall–Kier alpha value is -1.40. The van der Waals surface area contributed by atoms with Crippen LogP contribution in [0.2, 0.25) is 19.6 Å². The third-order valence-electron chi connectivity index (χ3n) is 1.80. The Morgan fingerprint density at radius 1 is 1.27 bits per heavy atom. The zero-order chi connectivity index (χ0) is 11.5. The van der Waals surface area contributed by atoms with E-state index in [1.54, 1.807) is 7.11 Å². The van der Waals surface area contributed by atoms with E-state index in [-0.39, 0.29) is 0 Å². The molecule has 0 aliphatic rings. The average molecular weight is 219 g/mol. The molecule has 80 valence electrons. The summed E-state index contributed by atoms with van der Waals surface area (Å²) < 4.78 is 5.22. The van der Waals surface area contributed by atoms with Crippen LogP contribution < -0.4 is 10.5 Å². The largest absolute Gasteiger partial charge is 0.495 e. The van der Waals surface area contributed by atoms with Gasteiger partial charge in [0.1, 0.15) is 13.8 Å². The first kappa shape index (κ1) is 11.7. The Morgan fingerprint density at radius 3 is 2.47 bits per heavy atom. The van der Waals surface area contributed by atoms with Crippen molar-refractivity contribution in [2.24, 2.45) is 0 Å². The fourth-order valence-electron chi connectivity index (χ4n) is 1.08. The van der Waals surface area contributed by atoms with Crippen molar-refractivity contribution in [1.82, 2.24) is 0 Å². The van der Waals surface area contributed by atoms with Gasteiger partial charge in [-0.05, 0) is 18.2 Å². The predicted octanol–water partition coefficient (Wildman–Crippen LogP) is 2.51. The van der Waals surface area contributed by atoms with E-state index in [1.807, 2.05) is 18.2 Å². The van der Waals surface area contributed by atoms with Gasteiger partial charge < -0.3 is 10.5 Å². The number of hydrogen-bond acceptors (Lipinski definition) is 2. The van der Waals surface area contributed by atoms with E-state index >= 15 is 0 Å². The first-order valence-electron chi connectivity index (χ1n) is 4.89. The summed E-state index contributed by atoms with van der Waals surface area (Å²) in [7, 11) is 0.294. The van der Waals surface area contributed by atoms with E-state index in [0.717, 1.165) is 17.0 Å². The quantitative estimate of drug-likeness (QED) is 0.447. The van der Waals surface area contributed by atoms with Crippen LogP contribution in [-0.2, 0) is 0 Å². The van der Waals surface area contributed by atoms with Gasteiger partial charge in [0, 0.05) is 5.69 Å². The third kappa shape index (κ3) is 3.68. The summed E-state index contributed by atoms with van der Waals surface area (Å²) in [4.78, 5) is 0. The normalized spacial score (nSPS) is 10.4. The first-order chi connectivity index (χ1) is 6.92. The summed E-state index contributed by atoms with van der Waals surface area (Å²) >= 11 is 0. The maximum atomic E-state index is 5.71. The highest BCUT2D eigenvalue weighted by Gasteiger charge is 2.08. The second kappa shape index (κ2) is 4.41.